The number of benzene rings is 1. The topological polar surface area (TPSA) is 50.3 Å². The number of piperidine rings is 1. The molecule has 3 heterocycles. The molecule has 0 saturated carbocycles. The van der Waals surface area contributed by atoms with Gasteiger partial charge in [-0.3, -0.25) is 4.90 Å². The first kappa shape index (κ1) is 17.4. The van der Waals surface area contributed by atoms with E-state index in [9.17, 15) is 4.39 Å². The third kappa shape index (κ3) is 3.86. The Hall–Kier alpha value is -2.05. The minimum Gasteiger partial charge on any atom is -0.378 e. The summed E-state index contributed by atoms with van der Waals surface area (Å²) in [6.45, 7) is 4.45. The van der Waals surface area contributed by atoms with Crippen LogP contribution in [-0.2, 0) is 11.3 Å². The van der Waals surface area contributed by atoms with Gasteiger partial charge in [0.15, 0.2) is 0 Å². The lowest BCUT2D eigenvalue weighted by molar-refractivity contribution is -0.0228. The van der Waals surface area contributed by atoms with E-state index < -0.39 is 0 Å². The summed E-state index contributed by atoms with van der Waals surface area (Å²) >= 11 is 0. The lowest BCUT2D eigenvalue weighted by atomic mass is 9.74. The molecule has 0 radical (unpaired) electrons. The Kier molecular flexibility index (Phi) is 5.13. The second-order valence-electron chi connectivity index (χ2n) is 7.35. The smallest absolute Gasteiger partial charge is 0.222 e. The largest absolute Gasteiger partial charge is 0.378 e. The molecule has 2 fully saturated rings. The van der Waals surface area contributed by atoms with Crippen molar-refractivity contribution in [2.24, 2.45) is 5.41 Å². The lowest BCUT2D eigenvalue weighted by Gasteiger charge is -2.44. The van der Waals surface area contributed by atoms with Crippen molar-refractivity contribution in [3.8, 4) is 0 Å². The van der Waals surface area contributed by atoms with Gasteiger partial charge in [0.05, 0.1) is 6.10 Å². The fourth-order valence-electron chi connectivity index (χ4n) is 4.34. The number of anilines is 1. The predicted molar refractivity (Wildman–Crippen MR) is 98.2 cm³/mol. The molecule has 0 unspecified atom stereocenters. The van der Waals surface area contributed by atoms with Gasteiger partial charge in [0, 0.05) is 50.6 Å². The summed E-state index contributed by atoms with van der Waals surface area (Å²) in [6.07, 6.45) is 6.96. The summed E-state index contributed by atoms with van der Waals surface area (Å²) < 4.78 is 19.5. The quantitative estimate of drug-likeness (QED) is 0.862. The Balaban J connectivity index is 1.39. The predicted octanol–water partition coefficient (Wildman–Crippen LogP) is 3.10. The van der Waals surface area contributed by atoms with E-state index in [0.29, 0.717) is 12.1 Å². The number of aromatic nitrogens is 2. The molecule has 1 N–H and O–H groups in total. The number of fused-ring (bicyclic) bond motifs is 1. The molecule has 2 saturated heterocycles. The Bertz CT molecular complexity index is 729. The minimum atomic E-state index is -0.164. The molecule has 4 rings (SSSR count). The van der Waals surface area contributed by atoms with Gasteiger partial charge in [0.2, 0.25) is 5.95 Å². The molecule has 6 heteroatoms. The van der Waals surface area contributed by atoms with Gasteiger partial charge in [-0.2, -0.15) is 0 Å². The summed E-state index contributed by atoms with van der Waals surface area (Å²) in [5.41, 5.74) is 1.20. The molecule has 1 aromatic carbocycles. The van der Waals surface area contributed by atoms with Crippen LogP contribution < -0.4 is 5.32 Å². The number of nitrogens with zero attached hydrogens (tertiary/aromatic N) is 3. The van der Waals surface area contributed by atoms with E-state index in [2.05, 4.69) is 20.2 Å². The number of likely N-dealkylation sites (tertiary alicyclic amines) is 1. The first-order valence-electron chi connectivity index (χ1n) is 9.33. The zero-order chi connectivity index (χ0) is 17.8. The van der Waals surface area contributed by atoms with Crippen molar-refractivity contribution in [3.63, 3.8) is 0 Å². The highest BCUT2D eigenvalue weighted by Crippen LogP contribution is 2.43. The first-order valence-corrected chi connectivity index (χ1v) is 9.33. The molecule has 2 atom stereocenters. The number of rotatable bonds is 6. The molecule has 0 spiro atoms. The van der Waals surface area contributed by atoms with Gasteiger partial charge in [-0.1, -0.05) is 12.1 Å². The maximum atomic E-state index is 13.5. The molecular weight excluding hydrogens is 331 g/mol. The summed E-state index contributed by atoms with van der Waals surface area (Å²) in [5, 5.41) is 3.33. The molecule has 2 aromatic rings. The number of halogens is 1. The van der Waals surface area contributed by atoms with Crippen LogP contribution in [-0.4, -0.2) is 47.2 Å². The van der Waals surface area contributed by atoms with Gasteiger partial charge in [-0.25, -0.2) is 14.4 Å². The Morgan fingerprint density at radius 1 is 1.27 bits per heavy atom. The average Bonchev–Trinajstić information content (AvgIpc) is 3.06. The fraction of sp³-hybridized carbons (Fsp3) is 0.500. The van der Waals surface area contributed by atoms with Gasteiger partial charge >= 0.3 is 0 Å². The van der Waals surface area contributed by atoms with E-state index in [1.807, 2.05) is 12.1 Å². The van der Waals surface area contributed by atoms with E-state index in [0.717, 1.165) is 57.6 Å². The van der Waals surface area contributed by atoms with E-state index in [-0.39, 0.29) is 11.2 Å². The molecular formula is C20H25FN4O. The van der Waals surface area contributed by atoms with Crippen LogP contribution in [0.2, 0.25) is 0 Å². The van der Waals surface area contributed by atoms with E-state index in [4.69, 9.17) is 4.74 Å². The molecule has 5 nitrogen and oxygen atoms in total. The third-order valence-corrected chi connectivity index (χ3v) is 5.62. The standard InChI is InChI=1S/C20H25FN4O/c21-17-4-1-3-16(13-17)14-25-11-5-18-20(15-25,7-12-26-18)6-10-24-19-22-8-2-9-23-19/h1-4,8-9,13,18H,5-7,10-12,14-15H2,(H,22,23,24)/t18-,20+/m0/s1. The minimum absolute atomic E-state index is 0.160. The van der Waals surface area contributed by atoms with Gasteiger partial charge in [-0.15, -0.1) is 0 Å². The number of hydrogen-bond acceptors (Lipinski definition) is 5. The van der Waals surface area contributed by atoms with E-state index in [1.165, 1.54) is 6.07 Å². The number of hydrogen-bond donors (Lipinski definition) is 1. The highest BCUT2D eigenvalue weighted by molar-refractivity contribution is 5.22. The van der Waals surface area contributed by atoms with E-state index in [1.54, 1.807) is 24.5 Å². The summed E-state index contributed by atoms with van der Waals surface area (Å²) in [7, 11) is 0. The Morgan fingerprint density at radius 3 is 3.00 bits per heavy atom. The number of nitrogens with one attached hydrogen (secondary N) is 1. The van der Waals surface area contributed by atoms with Crippen LogP contribution in [0.15, 0.2) is 42.7 Å². The number of ether oxygens (including phenoxy) is 1. The van der Waals surface area contributed by atoms with Gasteiger partial charge in [0.25, 0.3) is 0 Å². The summed E-state index contributed by atoms with van der Waals surface area (Å²) in [6, 6.07) is 8.74. The van der Waals surface area contributed by atoms with Crippen LogP contribution in [0.3, 0.4) is 0 Å². The van der Waals surface area contributed by atoms with Crippen LogP contribution in [0.5, 0.6) is 0 Å². The van der Waals surface area contributed by atoms with Crippen LogP contribution in [0.25, 0.3) is 0 Å². The highest BCUT2D eigenvalue weighted by Gasteiger charge is 2.47. The third-order valence-electron chi connectivity index (χ3n) is 5.62. The molecule has 0 amide bonds. The second-order valence-corrected chi connectivity index (χ2v) is 7.35. The van der Waals surface area contributed by atoms with Gasteiger partial charge < -0.3 is 10.1 Å². The van der Waals surface area contributed by atoms with Gasteiger partial charge in [-0.05, 0) is 43.0 Å². The zero-order valence-electron chi connectivity index (χ0n) is 14.9. The first-order chi connectivity index (χ1) is 12.7. The molecule has 2 aliphatic heterocycles. The summed E-state index contributed by atoms with van der Waals surface area (Å²) in [5.74, 6) is 0.509. The lowest BCUT2D eigenvalue weighted by Crippen LogP contribution is -2.49. The Morgan fingerprint density at radius 2 is 2.15 bits per heavy atom. The van der Waals surface area contributed by atoms with Crippen LogP contribution in [0.1, 0.15) is 24.8 Å². The molecule has 2 aliphatic rings. The van der Waals surface area contributed by atoms with Crippen molar-refractivity contribution < 1.29 is 9.13 Å². The van der Waals surface area contributed by atoms with Crippen LogP contribution in [0, 0.1) is 11.2 Å². The van der Waals surface area contributed by atoms with Crippen molar-refractivity contribution in [1.29, 1.82) is 0 Å². The average molecular weight is 356 g/mol. The van der Waals surface area contributed by atoms with Crippen LogP contribution >= 0.6 is 0 Å². The molecule has 138 valence electrons. The van der Waals surface area contributed by atoms with Crippen LogP contribution in [0.4, 0.5) is 10.3 Å². The van der Waals surface area contributed by atoms with Gasteiger partial charge in [0.1, 0.15) is 5.82 Å². The molecule has 0 aliphatic carbocycles. The van der Waals surface area contributed by atoms with Crippen molar-refractivity contribution in [2.45, 2.75) is 31.9 Å². The van der Waals surface area contributed by atoms with E-state index >= 15 is 0 Å². The second kappa shape index (κ2) is 7.68. The van der Waals surface area contributed by atoms with Crippen molar-refractivity contribution in [2.75, 3.05) is 31.6 Å². The molecule has 1 aromatic heterocycles. The normalized spacial score (nSPS) is 25.8. The van der Waals surface area contributed by atoms with Crippen molar-refractivity contribution >= 4 is 5.95 Å². The fourth-order valence-corrected chi connectivity index (χ4v) is 4.34. The SMILES string of the molecule is Fc1cccc(CN2CC[C@@H]3OCC[C@]3(CCNc3ncccn3)C2)c1. The zero-order valence-corrected chi connectivity index (χ0v) is 14.9. The maximum Gasteiger partial charge on any atom is 0.222 e. The summed E-state index contributed by atoms with van der Waals surface area (Å²) in [4.78, 5) is 10.9. The monoisotopic (exact) mass is 356 g/mol. The highest BCUT2D eigenvalue weighted by atomic mass is 19.1. The van der Waals surface area contributed by atoms with Crippen molar-refractivity contribution in [1.82, 2.24) is 14.9 Å². The molecule has 26 heavy (non-hydrogen) atoms. The molecule has 0 bridgehead atoms. The maximum absolute atomic E-state index is 13.5. The van der Waals surface area contributed by atoms with Crippen molar-refractivity contribution in [3.05, 3.63) is 54.1 Å². The Labute approximate surface area is 153 Å².